The summed E-state index contributed by atoms with van der Waals surface area (Å²) in [5.41, 5.74) is 4.66. The zero-order valence-corrected chi connectivity index (χ0v) is 12.4. The van der Waals surface area contributed by atoms with Crippen LogP contribution in [0, 0.1) is 6.92 Å². The van der Waals surface area contributed by atoms with Gasteiger partial charge in [-0.1, -0.05) is 24.3 Å². The first-order chi connectivity index (χ1) is 10.5. The Morgan fingerprint density at radius 2 is 2.00 bits per heavy atom. The van der Waals surface area contributed by atoms with E-state index in [4.69, 9.17) is 5.21 Å². The summed E-state index contributed by atoms with van der Waals surface area (Å²) in [7, 11) is 0. The molecule has 2 rings (SSSR count). The van der Waals surface area contributed by atoms with Crippen LogP contribution in [0.1, 0.15) is 40.1 Å². The van der Waals surface area contributed by atoms with Crippen LogP contribution in [-0.2, 0) is 11.2 Å². The summed E-state index contributed by atoms with van der Waals surface area (Å²) >= 11 is 0. The third-order valence-corrected chi connectivity index (χ3v) is 3.16. The largest absolute Gasteiger partial charge is 0.345 e. The van der Waals surface area contributed by atoms with Crippen LogP contribution < -0.4 is 5.48 Å². The molecular formula is C16H17N3O3. The van der Waals surface area contributed by atoms with E-state index in [-0.39, 0.29) is 5.78 Å². The Hall–Kier alpha value is -2.73. The molecule has 1 heterocycles. The molecule has 2 aromatic rings. The lowest BCUT2D eigenvalue weighted by molar-refractivity contribution is -0.124. The van der Waals surface area contributed by atoms with E-state index < -0.39 is 5.91 Å². The van der Waals surface area contributed by atoms with Gasteiger partial charge in [0.25, 0.3) is 5.91 Å². The number of H-pyrrole nitrogens is 1. The van der Waals surface area contributed by atoms with E-state index in [1.165, 1.54) is 18.5 Å². The van der Waals surface area contributed by atoms with Crippen LogP contribution >= 0.6 is 0 Å². The first-order valence-electron chi connectivity index (χ1n) is 6.77. The number of aryl methyl sites for hydroxylation is 1. The summed E-state index contributed by atoms with van der Waals surface area (Å²) in [4.78, 5) is 29.7. The van der Waals surface area contributed by atoms with E-state index >= 15 is 0 Å². The number of hydrogen-bond acceptors (Lipinski definition) is 4. The number of nitrogens with zero attached hydrogens (tertiary/aromatic N) is 1. The second-order valence-electron chi connectivity index (χ2n) is 4.94. The van der Waals surface area contributed by atoms with Crippen LogP contribution in [0.25, 0.3) is 6.08 Å². The van der Waals surface area contributed by atoms with Gasteiger partial charge in [0.2, 0.25) is 0 Å². The van der Waals surface area contributed by atoms with Gasteiger partial charge in [0.1, 0.15) is 11.5 Å². The molecule has 1 aromatic heterocycles. The second-order valence-corrected chi connectivity index (χ2v) is 4.94. The fraction of sp³-hybridized carbons (Fsp3) is 0.188. The van der Waals surface area contributed by atoms with Crippen molar-refractivity contribution in [1.82, 2.24) is 15.4 Å². The number of carbonyl (C=O) groups excluding carboxylic acids is 2. The zero-order valence-electron chi connectivity index (χ0n) is 12.4. The molecule has 0 fully saturated rings. The van der Waals surface area contributed by atoms with Gasteiger partial charge in [-0.2, -0.15) is 0 Å². The molecule has 0 aliphatic rings. The van der Waals surface area contributed by atoms with E-state index in [1.54, 1.807) is 6.08 Å². The molecule has 114 valence electrons. The van der Waals surface area contributed by atoms with Crippen LogP contribution in [0.4, 0.5) is 0 Å². The normalized spacial score (nSPS) is 10.9. The van der Waals surface area contributed by atoms with Gasteiger partial charge in [0.05, 0.1) is 0 Å². The summed E-state index contributed by atoms with van der Waals surface area (Å²) in [6.07, 6.45) is 3.43. The SMILES string of the molecule is CC(=O)c1nc(Cc2ccc(/C=C/C(=O)NO)cc2)[nH]c1C. The molecule has 0 radical (unpaired) electrons. The number of nitrogens with one attached hydrogen (secondary N) is 2. The fourth-order valence-corrected chi connectivity index (χ4v) is 2.10. The lowest BCUT2D eigenvalue weighted by Crippen LogP contribution is -2.14. The van der Waals surface area contributed by atoms with Gasteiger partial charge < -0.3 is 4.98 Å². The highest BCUT2D eigenvalue weighted by Crippen LogP contribution is 2.12. The summed E-state index contributed by atoms with van der Waals surface area (Å²) in [5.74, 6) is 0.111. The van der Waals surface area contributed by atoms with Crippen molar-refractivity contribution in [1.29, 1.82) is 0 Å². The van der Waals surface area contributed by atoms with Crippen LogP contribution in [0.5, 0.6) is 0 Å². The molecule has 1 amide bonds. The van der Waals surface area contributed by atoms with Gasteiger partial charge in [-0.25, -0.2) is 10.5 Å². The molecule has 0 bridgehead atoms. The molecule has 0 saturated heterocycles. The van der Waals surface area contributed by atoms with Crippen molar-refractivity contribution in [3.63, 3.8) is 0 Å². The highest BCUT2D eigenvalue weighted by Gasteiger charge is 2.10. The number of imidazole rings is 1. The second kappa shape index (κ2) is 6.82. The number of aromatic amines is 1. The van der Waals surface area contributed by atoms with Crippen LogP contribution in [-0.4, -0.2) is 26.9 Å². The summed E-state index contributed by atoms with van der Waals surface area (Å²) in [5, 5.41) is 8.40. The van der Waals surface area contributed by atoms with Gasteiger partial charge in [-0.15, -0.1) is 0 Å². The maximum absolute atomic E-state index is 11.4. The number of Topliss-reactive ketones (excluding diaryl/α,β-unsaturated/α-hetero) is 1. The molecule has 22 heavy (non-hydrogen) atoms. The van der Waals surface area contributed by atoms with Gasteiger partial charge in [-0.3, -0.25) is 14.8 Å². The Bertz CT molecular complexity index is 715. The predicted molar refractivity (Wildman–Crippen MR) is 81.5 cm³/mol. The Labute approximate surface area is 127 Å². The van der Waals surface area contributed by atoms with Crippen molar-refractivity contribution in [3.05, 3.63) is 58.7 Å². The average Bonchev–Trinajstić information content (AvgIpc) is 2.87. The van der Waals surface area contributed by atoms with Crippen LogP contribution in [0.2, 0.25) is 0 Å². The van der Waals surface area contributed by atoms with Crippen molar-refractivity contribution in [2.75, 3.05) is 0 Å². The first kappa shape index (κ1) is 15.7. The van der Waals surface area contributed by atoms with Gasteiger partial charge in [-0.05, 0) is 24.1 Å². The number of carbonyl (C=O) groups is 2. The third-order valence-electron chi connectivity index (χ3n) is 3.16. The Morgan fingerprint density at radius 1 is 1.32 bits per heavy atom. The number of ketones is 1. The summed E-state index contributed by atoms with van der Waals surface area (Å²) in [6, 6.07) is 7.56. The van der Waals surface area contributed by atoms with Crippen LogP contribution in [0.15, 0.2) is 30.3 Å². The van der Waals surface area contributed by atoms with E-state index in [0.29, 0.717) is 12.1 Å². The van der Waals surface area contributed by atoms with Crippen molar-refractivity contribution in [2.45, 2.75) is 20.3 Å². The number of amides is 1. The number of rotatable bonds is 5. The van der Waals surface area contributed by atoms with Crippen molar-refractivity contribution in [2.24, 2.45) is 0 Å². The Morgan fingerprint density at radius 3 is 2.55 bits per heavy atom. The van der Waals surface area contributed by atoms with Crippen molar-refractivity contribution < 1.29 is 14.8 Å². The number of hydroxylamine groups is 1. The molecule has 3 N–H and O–H groups in total. The minimum absolute atomic E-state index is 0.0531. The smallest absolute Gasteiger partial charge is 0.267 e. The highest BCUT2D eigenvalue weighted by atomic mass is 16.5. The molecule has 0 aliphatic heterocycles. The maximum atomic E-state index is 11.4. The van der Waals surface area contributed by atoms with Gasteiger partial charge >= 0.3 is 0 Å². The molecule has 0 spiro atoms. The molecule has 6 nitrogen and oxygen atoms in total. The van der Waals surface area contributed by atoms with Gasteiger partial charge in [0, 0.05) is 25.1 Å². The van der Waals surface area contributed by atoms with E-state index in [1.807, 2.05) is 31.2 Å². The molecule has 0 aliphatic carbocycles. The molecule has 0 atom stereocenters. The molecule has 6 heteroatoms. The third kappa shape index (κ3) is 3.89. The molecule has 1 aromatic carbocycles. The van der Waals surface area contributed by atoms with E-state index in [9.17, 15) is 9.59 Å². The number of aromatic nitrogens is 2. The topological polar surface area (TPSA) is 95.1 Å². The Balaban J connectivity index is 2.08. The average molecular weight is 299 g/mol. The number of benzene rings is 1. The van der Waals surface area contributed by atoms with Gasteiger partial charge in [0.15, 0.2) is 5.78 Å². The summed E-state index contributed by atoms with van der Waals surface area (Å²) in [6.45, 7) is 3.32. The predicted octanol–water partition coefficient (Wildman–Crippen LogP) is 2.03. The lowest BCUT2D eigenvalue weighted by atomic mass is 10.1. The molecule has 0 saturated carbocycles. The van der Waals surface area contributed by atoms with E-state index in [0.717, 1.165) is 22.6 Å². The minimum atomic E-state index is -0.577. The maximum Gasteiger partial charge on any atom is 0.267 e. The van der Waals surface area contributed by atoms with E-state index in [2.05, 4.69) is 9.97 Å². The summed E-state index contributed by atoms with van der Waals surface area (Å²) < 4.78 is 0. The standard InChI is InChI=1S/C16H17N3O3/c1-10-16(11(2)20)18-14(17-10)9-13-5-3-12(4-6-13)7-8-15(21)19-22/h3-8,22H,9H2,1-2H3,(H,17,18)(H,19,21)/b8-7+. The Kier molecular flexibility index (Phi) is 4.85. The first-order valence-corrected chi connectivity index (χ1v) is 6.77. The van der Waals surface area contributed by atoms with Crippen molar-refractivity contribution in [3.8, 4) is 0 Å². The quantitative estimate of drug-likeness (QED) is 0.341. The van der Waals surface area contributed by atoms with Crippen molar-refractivity contribution >= 4 is 17.8 Å². The molecular weight excluding hydrogens is 282 g/mol. The zero-order chi connectivity index (χ0) is 16.1. The fourth-order valence-electron chi connectivity index (χ4n) is 2.10. The van der Waals surface area contributed by atoms with Crippen LogP contribution in [0.3, 0.4) is 0 Å². The number of hydrogen-bond donors (Lipinski definition) is 3. The lowest BCUT2D eigenvalue weighted by Gasteiger charge is -1.99. The molecule has 0 unspecified atom stereocenters. The highest BCUT2D eigenvalue weighted by molar-refractivity contribution is 5.93. The minimum Gasteiger partial charge on any atom is -0.345 e. The monoisotopic (exact) mass is 299 g/mol.